The Balaban J connectivity index is 1.91. The van der Waals surface area contributed by atoms with Gasteiger partial charge in [0.25, 0.3) is 0 Å². The molecular formula is C15H24N2O2S. The normalized spacial score (nSPS) is 19.4. The molecule has 0 amide bonds. The predicted molar refractivity (Wildman–Crippen MR) is 81.7 cm³/mol. The molecule has 0 spiro atoms. The molecule has 0 aromatic heterocycles. The van der Waals surface area contributed by atoms with Crippen molar-refractivity contribution in [1.82, 2.24) is 4.72 Å². The lowest BCUT2D eigenvalue weighted by Gasteiger charge is -2.28. The topological polar surface area (TPSA) is 72.2 Å². The summed E-state index contributed by atoms with van der Waals surface area (Å²) in [5, 5.41) is 0. The van der Waals surface area contributed by atoms with Gasteiger partial charge in [0, 0.05) is 12.1 Å². The second-order valence-corrected chi connectivity index (χ2v) is 7.65. The molecule has 3 N–H and O–H groups in total. The summed E-state index contributed by atoms with van der Waals surface area (Å²) in [5.74, 6) is 0.0178. The molecule has 1 aliphatic rings. The van der Waals surface area contributed by atoms with Crippen LogP contribution in [-0.4, -0.2) is 20.5 Å². The van der Waals surface area contributed by atoms with Crippen LogP contribution in [0.15, 0.2) is 30.3 Å². The van der Waals surface area contributed by atoms with Gasteiger partial charge in [-0.2, -0.15) is 0 Å². The van der Waals surface area contributed by atoms with Crippen molar-refractivity contribution in [3.63, 3.8) is 0 Å². The standard InChI is InChI=1S/C15H24N2O2S/c16-15(10-6-1-2-7-11-15)13-17-20(18,19)12-14-8-4-3-5-9-14/h3-5,8-9,17H,1-2,6-7,10-13,16H2. The highest BCUT2D eigenvalue weighted by Crippen LogP contribution is 2.24. The first kappa shape index (κ1) is 15.5. The summed E-state index contributed by atoms with van der Waals surface area (Å²) in [6, 6.07) is 9.22. The van der Waals surface area contributed by atoms with Gasteiger partial charge in [-0.3, -0.25) is 0 Å². The van der Waals surface area contributed by atoms with E-state index in [9.17, 15) is 8.42 Å². The molecule has 1 aromatic rings. The van der Waals surface area contributed by atoms with E-state index in [0.29, 0.717) is 6.54 Å². The van der Waals surface area contributed by atoms with Crippen LogP contribution in [0.2, 0.25) is 0 Å². The number of benzene rings is 1. The summed E-state index contributed by atoms with van der Waals surface area (Å²) >= 11 is 0. The number of rotatable bonds is 5. The molecule has 1 fully saturated rings. The second-order valence-electron chi connectivity index (χ2n) is 5.84. The first-order valence-electron chi connectivity index (χ1n) is 7.29. The number of nitrogens with one attached hydrogen (secondary N) is 1. The summed E-state index contributed by atoms with van der Waals surface area (Å²) in [6.07, 6.45) is 6.40. The van der Waals surface area contributed by atoms with E-state index in [1.165, 1.54) is 12.8 Å². The van der Waals surface area contributed by atoms with Crippen molar-refractivity contribution >= 4 is 10.0 Å². The molecule has 20 heavy (non-hydrogen) atoms. The Morgan fingerprint density at radius 3 is 2.25 bits per heavy atom. The summed E-state index contributed by atoms with van der Waals surface area (Å²) in [7, 11) is -3.31. The van der Waals surface area contributed by atoms with E-state index >= 15 is 0 Å². The Kier molecular flexibility index (Phi) is 5.18. The van der Waals surface area contributed by atoms with Gasteiger partial charge in [-0.25, -0.2) is 13.1 Å². The Morgan fingerprint density at radius 1 is 1.05 bits per heavy atom. The third kappa shape index (κ3) is 4.89. The zero-order chi connectivity index (χ0) is 14.5. The number of hydrogen-bond donors (Lipinski definition) is 2. The first-order valence-corrected chi connectivity index (χ1v) is 8.95. The SMILES string of the molecule is NC1(CNS(=O)(=O)Cc2ccccc2)CCCCCC1. The fourth-order valence-corrected chi connectivity index (χ4v) is 3.95. The third-order valence-corrected chi connectivity index (χ3v) is 5.24. The molecule has 0 heterocycles. The minimum absolute atomic E-state index is 0.0178. The number of sulfonamides is 1. The van der Waals surface area contributed by atoms with Crippen LogP contribution in [0.25, 0.3) is 0 Å². The van der Waals surface area contributed by atoms with E-state index < -0.39 is 10.0 Å². The quantitative estimate of drug-likeness (QED) is 0.818. The highest BCUT2D eigenvalue weighted by Gasteiger charge is 2.27. The minimum Gasteiger partial charge on any atom is -0.324 e. The summed E-state index contributed by atoms with van der Waals surface area (Å²) in [6.45, 7) is 0.349. The van der Waals surface area contributed by atoms with Crippen LogP contribution in [0.3, 0.4) is 0 Å². The Hall–Kier alpha value is -0.910. The average molecular weight is 296 g/mol. The van der Waals surface area contributed by atoms with Crippen molar-refractivity contribution in [3.05, 3.63) is 35.9 Å². The maximum absolute atomic E-state index is 12.1. The number of nitrogens with two attached hydrogens (primary N) is 1. The summed E-state index contributed by atoms with van der Waals surface area (Å²) < 4.78 is 26.9. The van der Waals surface area contributed by atoms with Gasteiger partial charge in [0.05, 0.1) is 5.75 Å². The first-order chi connectivity index (χ1) is 9.49. The van der Waals surface area contributed by atoms with Gasteiger partial charge in [0.2, 0.25) is 10.0 Å². The van der Waals surface area contributed by atoms with Crippen LogP contribution in [0.1, 0.15) is 44.1 Å². The smallest absolute Gasteiger partial charge is 0.215 e. The Morgan fingerprint density at radius 2 is 1.65 bits per heavy atom. The van der Waals surface area contributed by atoms with Crippen LogP contribution in [0.5, 0.6) is 0 Å². The second kappa shape index (κ2) is 6.70. The van der Waals surface area contributed by atoms with Crippen molar-refractivity contribution in [2.75, 3.05) is 6.54 Å². The molecule has 1 aliphatic carbocycles. The van der Waals surface area contributed by atoms with Crippen molar-refractivity contribution in [2.24, 2.45) is 5.73 Å². The Bertz CT molecular complexity index is 506. The van der Waals surface area contributed by atoms with Crippen molar-refractivity contribution in [2.45, 2.75) is 49.8 Å². The van der Waals surface area contributed by atoms with Gasteiger partial charge in [-0.1, -0.05) is 56.0 Å². The zero-order valence-corrected chi connectivity index (χ0v) is 12.7. The number of hydrogen-bond acceptors (Lipinski definition) is 3. The van der Waals surface area contributed by atoms with Crippen LogP contribution < -0.4 is 10.5 Å². The van der Waals surface area contributed by atoms with Crippen LogP contribution in [-0.2, 0) is 15.8 Å². The molecular weight excluding hydrogens is 272 g/mol. The van der Waals surface area contributed by atoms with Gasteiger partial charge in [-0.05, 0) is 18.4 Å². The zero-order valence-electron chi connectivity index (χ0n) is 11.8. The van der Waals surface area contributed by atoms with E-state index in [2.05, 4.69) is 4.72 Å². The van der Waals surface area contributed by atoms with Crippen molar-refractivity contribution in [3.8, 4) is 0 Å². The predicted octanol–water partition coefficient (Wildman–Crippen LogP) is 2.16. The van der Waals surface area contributed by atoms with E-state index in [1.807, 2.05) is 30.3 Å². The molecule has 112 valence electrons. The fourth-order valence-electron chi connectivity index (χ4n) is 2.71. The third-order valence-electron chi connectivity index (χ3n) is 3.94. The van der Waals surface area contributed by atoms with Gasteiger partial charge in [0.15, 0.2) is 0 Å². The largest absolute Gasteiger partial charge is 0.324 e. The molecule has 1 saturated carbocycles. The van der Waals surface area contributed by atoms with Crippen molar-refractivity contribution in [1.29, 1.82) is 0 Å². The molecule has 0 atom stereocenters. The fraction of sp³-hybridized carbons (Fsp3) is 0.600. The maximum Gasteiger partial charge on any atom is 0.215 e. The van der Waals surface area contributed by atoms with Crippen LogP contribution in [0, 0.1) is 0 Å². The van der Waals surface area contributed by atoms with E-state index in [0.717, 1.165) is 31.2 Å². The van der Waals surface area contributed by atoms with Crippen LogP contribution in [0.4, 0.5) is 0 Å². The molecule has 0 unspecified atom stereocenters. The average Bonchev–Trinajstić information content (AvgIpc) is 2.63. The molecule has 4 nitrogen and oxygen atoms in total. The van der Waals surface area contributed by atoms with Gasteiger partial charge in [-0.15, -0.1) is 0 Å². The minimum atomic E-state index is -3.31. The lowest BCUT2D eigenvalue weighted by Crippen LogP contribution is -2.49. The maximum atomic E-state index is 12.1. The summed E-state index contributed by atoms with van der Waals surface area (Å²) in [5.41, 5.74) is 6.76. The Labute approximate surface area is 121 Å². The molecule has 0 bridgehead atoms. The summed E-state index contributed by atoms with van der Waals surface area (Å²) in [4.78, 5) is 0. The molecule has 1 aromatic carbocycles. The lowest BCUT2D eigenvalue weighted by atomic mass is 9.92. The molecule has 0 radical (unpaired) electrons. The highest BCUT2D eigenvalue weighted by molar-refractivity contribution is 7.88. The van der Waals surface area contributed by atoms with Crippen molar-refractivity contribution < 1.29 is 8.42 Å². The van der Waals surface area contributed by atoms with E-state index in [-0.39, 0.29) is 11.3 Å². The molecule has 5 heteroatoms. The van der Waals surface area contributed by atoms with Crippen LogP contribution >= 0.6 is 0 Å². The molecule has 0 aliphatic heterocycles. The monoisotopic (exact) mass is 296 g/mol. The molecule has 0 saturated heterocycles. The molecule has 2 rings (SSSR count). The lowest BCUT2D eigenvalue weighted by molar-refractivity contribution is 0.369. The van der Waals surface area contributed by atoms with E-state index in [1.54, 1.807) is 0 Å². The van der Waals surface area contributed by atoms with E-state index in [4.69, 9.17) is 5.73 Å². The van der Waals surface area contributed by atoms with Gasteiger partial charge >= 0.3 is 0 Å². The van der Waals surface area contributed by atoms with Gasteiger partial charge in [0.1, 0.15) is 0 Å². The van der Waals surface area contributed by atoms with Gasteiger partial charge < -0.3 is 5.73 Å². The highest BCUT2D eigenvalue weighted by atomic mass is 32.2.